The average Bonchev–Trinajstić information content (AvgIpc) is 2.53. The van der Waals surface area contributed by atoms with E-state index in [0.29, 0.717) is 19.4 Å². The zero-order valence-corrected chi connectivity index (χ0v) is 12.6. The van der Waals surface area contributed by atoms with Crippen molar-refractivity contribution in [1.82, 2.24) is 5.32 Å². The van der Waals surface area contributed by atoms with Crippen LogP contribution < -0.4 is 10.1 Å². The van der Waals surface area contributed by atoms with E-state index in [1.54, 1.807) is 13.2 Å². The van der Waals surface area contributed by atoms with Crippen molar-refractivity contribution in [2.24, 2.45) is 0 Å². The fraction of sp³-hybridized carbons (Fsp3) is 0.278. The molecule has 0 radical (unpaired) electrons. The first-order valence-electron chi connectivity index (χ1n) is 7.32. The van der Waals surface area contributed by atoms with Crippen molar-refractivity contribution in [3.63, 3.8) is 0 Å². The van der Waals surface area contributed by atoms with Gasteiger partial charge in [-0.05, 0) is 42.2 Å². The first-order valence-corrected chi connectivity index (χ1v) is 7.32. The van der Waals surface area contributed by atoms with Gasteiger partial charge in [0.05, 0.1) is 7.11 Å². The monoisotopic (exact) mass is 301 g/mol. The van der Waals surface area contributed by atoms with Gasteiger partial charge in [0.2, 0.25) is 5.91 Å². The third-order valence-electron chi connectivity index (χ3n) is 3.44. The average molecular weight is 301 g/mol. The van der Waals surface area contributed by atoms with E-state index in [-0.39, 0.29) is 11.7 Å². The van der Waals surface area contributed by atoms with Crippen LogP contribution in [0.4, 0.5) is 4.39 Å². The van der Waals surface area contributed by atoms with E-state index in [4.69, 9.17) is 4.74 Å². The summed E-state index contributed by atoms with van der Waals surface area (Å²) in [6.45, 7) is 0.558. The van der Waals surface area contributed by atoms with Crippen LogP contribution in [0.15, 0.2) is 48.5 Å². The Bertz CT molecular complexity index is 628. The van der Waals surface area contributed by atoms with Crippen LogP contribution in [0.2, 0.25) is 0 Å². The van der Waals surface area contributed by atoms with Crippen LogP contribution in [0, 0.1) is 5.82 Å². The lowest BCUT2D eigenvalue weighted by molar-refractivity contribution is -0.121. The standard InChI is InChI=1S/C18H20FNO2/c1-22-17-8-3-2-6-15(17)11-12-20-18(21)10-9-14-5-4-7-16(19)13-14/h2-8,13H,9-12H2,1H3,(H,20,21). The molecule has 2 rings (SSSR count). The summed E-state index contributed by atoms with van der Waals surface area (Å²) < 4.78 is 18.3. The molecule has 3 nitrogen and oxygen atoms in total. The van der Waals surface area contributed by atoms with Gasteiger partial charge in [-0.1, -0.05) is 30.3 Å². The van der Waals surface area contributed by atoms with E-state index in [1.165, 1.54) is 12.1 Å². The summed E-state index contributed by atoms with van der Waals surface area (Å²) in [5.74, 6) is 0.532. The Labute approximate surface area is 130 Å². The van der Waals surface area contributed by atoms with E-state index in [0.717, 1.165) is 23.3 Å². The minimum Gasteiger partial charge on any atom is -0.496 e. The minimum atomic E-state index is -0.269. The molecule has 2 aromatic rings. The third kappa shape index (κ3) is 4.88. The molecule has 0 aliphatic rings. The number of methoxy groups -OCH3 is 1. The molecule has 22 heavy (non-hydrogen) atoms. The molecule has 0 fully saturated rings. The Kier molecular flexibility index (Phi) is 5.95. The summed E-state index contributed by atoms with van der Waals surface area (Å²) in [6.07, 6.45) is 1.61. The van der Waals surface area contributed by atoms with Gasteiger partial charge in [0.15, 0.2) is 0 Å². The highest BCUT2D eigenvalue weighted by Gasteiger charge is 2.05. The Hall–Kier alpha value is -2.36. The van der Waals surface area contributed by atoms with Crippen LogP contribution in [0.3, 0.4) is 0 Å². The number of halogens is 1. The maximum Gasteiger partial charge on any atom is 0.220 e. The summed E-state index contributed by atoms with van der Waals surface area (Å²) in [5, 5.41) is 2.88. The van der Waals surface area contributed by atoms with E-state index in [9.17, 15) is 9.18 Å². The van der Waals surface area contributed by atoms with Crippen molar-refractivity contribution in [3.8, 4) is 5.75 Å². The zero-order chi connectivity index (χ0) is 15.8. The van der Waals surface area contributed by atoms with E-state index in [1.807, 2.05) is 30.3 Å². The van der Waals surface area contributed by atoms with E-state index >= 15 is 0 Å². The maximum absolute atomic E-state index is 13.0. The molecule has 1 amide bonds. The Morgan fingerprint density at radius 3 is 2.73 bits per heavy atom. The van der Waals surface area contributed by atoms with Crippen molar-refractivity contribution in [3.05, 3.63) is 65.5 Å². The molecule has 0 aromatic heterocycles. The van der Waals surface area contributed by atoms with Gasteiger partial charge in [-0.3, -0.25) is 4.79 Å². The molecule has 116 valence electrons. The predicted octanol–water partition coefficient (Wildman–Crippen LogP) is 3.13. The van der Waals surface area contributed by atoms with Crippen LogP contribution in [-0.4, -0.2) is 19.6 Å². The Morgan fingerprint density at radius 2 is 1.95 bits per heavy atom. The van der Waals surface area contributed by atoms with Gasteiger partial charge >= 0.3 is 0 Å². The molecule has 0 saturated carbocycles. The number of para-hydroxylation sites is 1. The third-order valence-corrected chi connectivity index (χ3v) is 3.44. The molecule has 4 heteroatoms. The number of amides is 1. The molecular weight excluding hydrogens is 281 g/mol. The molecule has 0 atom stereocenters. The quantitative estimate of drug-likeness (QED) is 0.853. The number of nitrogens with one attached hydrogen (secondary N) is 1. The second-order valence-corrected chi connectivity index (χ2v) is 5.04. The second-order valence-electron chi connectivity index (χ2n) is 5.04. The zero-order valence-electron chi connectivity index (χ0n) is 12.6. The number of carbonyl (C=O) groups is 1. The second kappa shape index (κ2) is 8.17. The first kappa shape index (κ1) is 16.0. The number of benzene rings is 2. The lowest BCUT2D eigenvalue weighted by Crippen LogP contribution is -2.26. The number of carbonyl (C=O) groups excluding carboxylic acids is 1. The summed E-state index contributed by atoms with van der Waals surface area (Å²) >= 11 is 0. The van der Waals surface area contributed by atoms with Crippen LogP contribution in [0.25, 0.3) is 0 Å². The van der Waals surface area contributed by atoms with Crippen molar-refractivity contribution < 1.29 is 13.9 Å². The van der Waals surface area contributed by atoms with Crippen LogP contribution in [0.1, 0.15) is 17.5 Å². The van der Waals surface area contributed by atoms with Gasteiger partial charge in [-0.2, -0.15) is 0 Å². The van der Waals surface area contributed by atoms with Crippen LogP contribution >= 0.6 is 0 Å². The largest absolute Gasteiger partial charge is 0.496 e. The molecular formula is C18H20FNO2. The Morgan fingerprint density at radius 1 is 1.14 bits per heavy atom. The van der Waals surface area contributed by atoms with Crippen molar-refractivity contribution >= 4 is 5.91 Å². The lowest BCUT2D eigenvalue weighted by Gasteiger charge is -2.09. The number of rotatable bonds is 7. The Balaban J connectivity index is 1.74. The number of ether oxygens (including phenoxy) is 1. The van der Waals surface area contributed by atoms with Crippen molar-refractivity contribution in [2.75, 3.05) is 13.7 Å². The summed E-state index contributed by atoms with van der Waals surface area (Å²) in [5.41, 5.74) is 1.90. The van der Waals surface area contributed by atoms with Gasteiger partial charge in [-0.25, -0.2) is 4.39 Å². The molecule has 0 bridgehead atoms. The van der Waals surface area contributed by atoms with Gasteiger partial charge < -0.3 is 10.1 Å². The highest BCUT2D eigenvalue weighted by molar-refractivity contribution is 5.76. The van der Waals surface area contributed by atoms with E-state index in [2.05, 4.69) is 5.32 Å². The lowest BCUT2D eigenvalue weighted by atomic mass is 10.1. The maximum atomic E-state index is 13.0. The topological polar surface area (TPSA) is 38.3 Å². The van der Waals surface area contributed by atoms with Gasteiger partial charge in [0, 0.05) is 13.0 Å². The van der Waals surface area contributed by atoms with Gasteiger partial charge in [0.25, 0.3) is 0 Å². The highest BCUT2D eigenvalue weighted by atomic mass is 19.1. The molecule has 1 N–H and O–H groups in total. The molecule has 0 unspecified atom stereocenters. The van der Waals surface area contributed by atoms with Gasteiger partial charge in [0.1, 0.15) is 11.6 Å². The summed E-state index contributed by atoms with van der Waals surface area (Å²) in [4.78, 5) is 11.8. The molecule has 0 saturated heterocycles. The van der Waals surface area contributed by atoms with E-state index < -0.39 is 0 Å². The number of hydrogen-bond acceptors (Lipinski definition) is 2. The normalized spacial score (nSPS) is 10.3. The fourth-order valence-electron chi connectivity index (χ4n) is 2.28. The fourth-order valence-corrected chi connectivity index (χ4v) is 2.28. The van der Waals surface area contributed by atoms with Gasteiger partial charge in [-0.15, -0.1) is 0 Å². The molecule has 0 aliphatic heterocycles. The van der Waals surface area contributed by atoms with Crippen LogP contribution in [0.5, 0.6) is 5.75 Å². The SMILES string of the molecule is COc1ccccc1CCNC(=O)CCc1cccc(F)c1. The predicted molar refractivity (Wildman–Crippen MR) is 84.4 cm³/mol. The molecule has 0 spiro atoms. The molecule has 0 heterocycles. The number of hydrogen-bond donors (Lipinski definition) is 1. The minimum absolute atomic E-state index is 0.0286. The first-order chi connectivity index (χ1) is 10.7. The van der Waals surface area contributed by atoms with Crippen LogP contribution in [-0.2, 0) is 17.6 Å². The number of aryl methyl sites for hydroxylation is 1. The van der Waals surface area contributed by atoms with Crippen molar-refractivity contribution in [1.29, 1.82) is 0 Å². The summed E-state index contributed by atoms with van der Waals surface area (Å²) in [6, 6.07) is 14.1. The smallest absolute Gasteiger partial charge is 0.220 e. The molecule has 2 aromatic carbocycles. The summed E-state index contributed by atoms with van der Waals surface area (Å²) in [7, 11) is 1.64. The van der Waals surface area contributed by atoms with Crippen molar-refractivity contribution in [2.45, 2.75) is 19.3 Å². The molecule has 0 aliphatic carbocycles. The highest BCUT2D eigenvalue weighted by Crippen LogP contribution is 2.17.